The average Bonchev–Trinajstić information content (AvgIpc) is 3.08. The average molecular weight is 308 g/mol. The summed E-state index contributed by atoms with van der Waals surface area (Å²) in [5, 5.41) is 6.60. The third kappa shape index (κ3) is 2.40. The van der Waals surface area contributed by atoms with Gasteiger partial charge in [0.15, 0.2) is 5.41 Å². The zero-order valence-corrected chi connectivity index (χ0v) is 13.0. The van der Waals surface area contributed by atoms with Crippen LogP contribution in [0.2, 0.25) is 0 Å². The van der Waals surface area contributed by atoms with Gasteiger partial charge in [0.25, 0.3) is 0 Å². The van der Waals surface area contributed by atoms with Crippen molar-refractivity contribution in [3.63, 3.8) is 0 Å². The molecule has 0 saturated heterocycles. The van der Waals surface area contributed by atoms with E-state index in [0.717, 1.165) is 0 Å². The summed E-state index contributed by atoms with van der Waals surface area (Å²) in [5.74, 6) is -1.62. The molecule has 0 bridgehead atoms. The number of ketones is 1. The van der Waals surface area contributed by atoms with Crippen LogP contribution in [0.1, 0.15) is 39.3 Å². The molecule has 0 aromatic carbocycles. The van der Waals surface area contributed by atoms with E-state index in [4.69, 9.17) is 9.47 Å². The Morgan fingerprint density at radius 1 is 1.27 bits per heavy atom. The summed E-state index contributed by atoms with van der Waals surface area (Å²) in [6.07, 6.45) is 1.32. The quantitative estimate of drug-likeness (QED) is 0.647. The molecule has 1 N–H and O–H groups in total. The van der Waals surface area contributed by atoms with E-state index in [1.807, 2.05) is 0 Å². The highest BCUT2D eigenvalue weighted by Crippen LogP contribution is 2.49. The van der Waals surface area contributed by atoms with Gasteiger partial charge < -0.3 is 9.47 Å². The van der Waals surface area contributed by atoms with Gasteiger partial charge in [0.2, 0.25) is 0 Å². The second-order valence-electron chi connectivity index (χ2n) is 5.60. The van der Waals surface area contributed by atoms with Gasteiger partial charge in [-0.05, 0) is 33.3 Å². The van der Waals surface area contributed by atoms with Gasteiger partial charge in [-0.2, -0.15) is 5.10 Å². The molecule has 1 aliphatic rings. The Kier molecular flexibility index (Phi) is 4.35. The number of carbonyl (C=O) groups excluding carboxylic acids is 3. The van der Waals surface area contributed by atoms with Crippen molar-refractivity contribution in [2.24, 2.45) is 5.41 Å². The van der Waals surface area contributed by atoms with E-state index in [9.17, 15) is 14.4 Å². The van der Waals surface area contributed by atoms with Crippen molar-refractivity contribution in [3.05, 3.63) is 18.0 Å². The van der Waals surface area contributed by atoms with Gasteiger partial charge in [-0.25, -0.2) is 0 Å². The lowest BCUT2D eigenvalue weighted by Crippen LogP contribution is -2.41. The minimum Gasteiger partial charge on any atom is -0.465 e. The Morgan fingerprint density at radius 3 is 2.32 bits per heavy atom. The molecule has 2 rings (SSSR count). The molecule has 1 heterocycles. The van der Waals surface area contributed by atoms with Crippen LogP contribution in [-0.2, 0) is 29.3 Å². The summed E-state index contributed by atoms with van der Waals surface area (Å²) in [4.78, 5) is 37.3. The molecule has 1 aromatic heterocycles. The van der Waals surface area contributed by atoms with E-state index < -0.39 is 22.8 Å². The standard InChI is InChI=1S/C15H20N2O5/c1-4-21-12(19)15(13(20)22-5-2)8-11(18)14(3,9-15)10-6-7-16-17-10/h6-7H,4-5,8-9H2,1-3H3,(H,16,17)/t14-/m1/s1. The number of nitrogens with one attached hydrogen (secondary N) is 1. The lowest BCUT2D eigenvalue weighted by molar-refractivity contribution is -0.172. The molecular weight excluding hydrogens is 288 g/mol. The van der Waals surface area contributed by atoms with Crippen molar-refractivity contribution in [2.75, 3.05) is 13.2 Å². The van der Waals surface area contributed by atoms with Crippen LogP contribution in [0.15, 0.2) is 12.3 Å². The Hall–Kier alpha value is -2.18. The van der Waals surface area contributed by atoms with Gasteiger partial charge in [0.05, 0.1) is 18.6 Å². The Balaban J connectivity index is 2.42. The van der Waals surface area contributed by atoms with E-state index >= 15 is 0 Å². The topological polar surface area (TPSA) is 98.4 Å². The SMILES string of the molecule is CCOC(=O)C1(C(=O)OCC)CC(=O)[C@@](C)(c2ccn[nH]2)C1. The fourth-order valence-electron chi connectivity index (χ4n) is 2.95. The highest BCUT2D eigenvalue weighted by Gasteiger charge is 2.62. The first-order chi connectivity index (χ1) is 10.4. The zero-order chi connectivity index (χ0) is 16.4. The van der Waals surface area contributed by atoms with Crippen molar-refractivity contribution in [2.45, 2.75) is 39.0 Å². The smallest absolute Gasteiger partial charge is 0.323 e. The molecule has 1 atom stereocenters. The van der Waals surface area contributed by atoms with Gasteiger partial charge in [-0.1, -0.05) is 0 Å². The van der Waals surface area contributed by atoms with E-state index in [1.54, 1.807) is 26.8 Å². The molecule has 1 aromatic rings. The molecule has 0 spiro atoms. The first kappa shape index (κ1) is 16.2. The predicted octanol–water partition coefficient (Wildman–Crippen LogP) is 1.14. The summed E-state index contributed by atoms with van der Waals surface area (Å²) in [5.41, 5.74) is -1.99. The van der Waals surface area contributed by atoms with Gasteiger partial charge in [-0.3, -0.25) is 19.5 Å². The highest BCUT2D eigenvalue weighted by molar-refractivity contribution is 6.09. The van der Waals surface area contributed by atoms with Crippen LogP contribution in [0.25, 0.3) is 0 Å². The van der Waals surface area contributed by atoms with Crippen LogP contribution in [0, 0.1) is 5.41 Å². The van der Waals surface area contributed by atoms with Crippen LogP contribution in [-0.4, -0.2) is 41.1 Å². The third-order valence-electron chi connectivity index (χ3n) is 4.16. The van der Waals surface area contributed by atoms with Gasteiger partial charge in [0, 0.05) is 18.3 Å². The Labute approximate surface area is 128 Å². The van der Waals surface area contributed by atoms with Crippen molar-refractivity contribution in [1.29, 1.82) is 0 Å². The molecule has 0 radical (unpaired) electrons. The summed E-state index contributed by atoms with van der Waals surface area (Å²) in [7, 11) is 0. The number of esters is 2. The second kappa shape index (κ2) is 5.90. The van der Waals surface area contributed by atoms with Crippen molar-refractivity contribution in [3.8, 4) is 0 Å². The molecule has 120 valence electrons. The highest BCUT2D eigenvalue weighted by atomic mass is 16.6. The van der Waals surface area contributed by atoms with Gasteiger partial charge in [0.1, 0.15) is 5.78 Å². The number of rotatable bonds is 5. The van der Waals surface area contributed by atoms with E-state index in [1.165, 1.54) is 6.20 Å². The number of hydrogen-bond donors (Lipinski definition) is 1. The molecule has 7 heteroatoms. The zero-order valence-electron chi connectivity index (χ0n) is 13.0. The number of Topliss-reactive ketones (excluding diaryl/α,β-unsaturated/α-hetero) is 1. The molecule has 1 saturated carbocycles. The maximum Gasteiger partial charge on any atom is 0.323 e. The summed E-state index contributed by atoms with van der Waals surface area (Å²) < 4.78 is 10.1. The second-order valence-corrected chi connectivity index (χ2v) is 5.60. The lowest BCUT2D eigenvalue weighted by atomic mass is 9.78. The third-order valence-corrected chi connectivity index (χ3v) is 4.16. The number of carbonyl (C=O) groups is 3. The molecule has 7 nitrogen and oxygen atoms in total. The lowest BCUT2D eigenvalue weighted by Gasteiger charge is -2.26. The monoisotopic (exact) mass is 308 g/mol. The van der Waals surface area contributed by atoms with E-state index in [2.05, 4.69) is 10.2 Å². The summed E-state index contributed by atoms with van der Waals surface area (Å²) in [6, 6.07) is 1.67. The van der Waals surface area contributed by atoms with Crippen LogP contribution in [0.4, 0.5) is 0 Å². The van der Waals surface area contributed by atoms with Crippen molar-refractivity contribution in [1.82, 2.24) is 10.2 Å². The fourth-order valence-corrected chi connectivity index (χ4v) is 2.95. The first-order valence-corrected chi connectivity index (χ1v) is 7.28. The minimum absolute atomic E-state index is 0.0126. The first-order valence-electron chi connectivity index (χ1n) is 7.28. The molecule has 0 aliphatic heterocycles. The Bertz CT molecular complexity index is 563. The molecule has 0 unspecified atom stereocenters. The number of ether oxygens (including phenoxy) is 2. The van der Waals surface area contributed by atoms with Crippen LogP contribution in [0.3, 0.4) is 0 Å². The molecule has 0 amide bonds. The number of hydrogen-bond acceptors (Lipinski definition) is 6. The summed E-state index contributed by atoms with van der Waals surface area (Å²) >= 11 is 0. The predicted molar refractivity (Wildman–Crippen MR) is 75.9 cm³/mol. The molecule has 1 fully saturated rings. The van der Waals surface area contributed by atoms with Crippen LogP contribution in [0.5, 0.6) is 0 Å². The maximum absolute atomic E-state index is 12.6. The Morgan fingerprint density at radius 2 is 1.86 bits per heavy atom. The molecule has 1 aliphatic carbocycles. The van der Waals surface area contributed by atoms with Crippen molar-refractivity contribution < 1.29 is 23.9 Å². The number of nitrogens with zero attached hydrogens (tertiary/aromatic N) is 1. The normalized spacial score (nSPS) is 23.3. The van der Waals surface area contributed by atoms with Crippen LogP contribution < -0.4 is 0 Å². The fraction of sp³-hybridized carbons (Fsp3) is 0.600. The van der Waals surface area contributed by atoms with Crippen molar-refractivity contribution >= 4 is 17.7 Å². The number of aromatic nitrogens is 2. The maximum atomic E-state index is 12.6. The van der Waals surface area contributed by atoms with E-state index in [-0.39, 0.29) is 31.8 Å². The van der Waals surface area contributed by atoms with Gasteiger partial charge in [-0.15, -0.1) is 0 Å². The number of aromatic amines is 1. The van der Waals surface area contributed by atoms with Gasteiger partial charge >= 0.3 is 11.9 Å². The van der Waals surface area contributed by atoms with Crippen LogP contribution >= 0.6 is 0 Å². The van der Waals surface area contributed by atoms with E-state index in [0.29, 0.717) is 5.69 Å². The molecule has 22 heavy (non-hydrogen) atoms. The largest absolute Gasteiger partial charge is 0.465 e. The number of H-pyrrole nitrogens is 1. The molecular formula is C15H20N2O5. The summed E-state index contributed by atoms with van der Waals surface area (Å²) in [6.45, 7) is 5.27. The minimum atomic E-state index is -1.58.